The molecule has 1 saturated carbocycles. The van der Waals surface area contributed by atoms with Gasteiger partial charge in [0.1, 0.15) is 0 Å². The molecule has 0 aromatic heterocycles. The molecule has 0 amide bonds. The average molecular weight is 321 g/mol. The van der Waals surface area contributed by atoms with Crippen LogP contribution in [0.3, 0.4) is 0 Å². The predicted molar refractivity (Wildman–Crippen MR) is 81.4 cm³/mol. The number of carbonyl (C=O) groups excluding carboxylic acids is 1. The molecule has 1 aromatic carbocycles. The van der Waals surface area contributed by atoms with Gasteiger partial charge in [-0.3, -0.25) is 4.79 Å². The summed E-state index contributed by atoms with van der Waals surface area (Å²) in [7, 11) is 0. The van der Waals surface area contributed by atoms with Crippen LogP contribution in [0.1, 0.15) is 55.5 Å². The number of hydrogen-bond donors (Lipinski definition) is 0. The lowest BCUT2D eigenvalue weighted by Crippen LogP contribution is -2.37. The second-order valence-electron chi connectivity index (χ2n) is 6.61. The molecule has 0 radical (unpaired) electrons. The highest BCUT2D eigenvalue weighted by molar-refractivity contribution is 9.10. The number of rotatable bonds is 1. The number of carbonyl (C=O) groups is 1. The van der Waals surface area contributed by atoms with Gasteiger partial charge in [-0.05, 0) is 55.2 Å². The molecule has 0 saturated heterocycles. The zero-order valence-corrected chi connectivity index (χ0v) is 13.3. The lowest BCUT2D eigenvalue weighted by molar-refractivity contribution is 0.0592. The van der Waals surface area contributed by atoms with Crippen molar-refractivity contribution >= 4 is 21.7 Å². The summed E-state index contributed by atoms with van der Waals surface area (Å²) in [4.78, 5) is 12.9. The summed E-state index contributed by atoms with van der Waals surface area (Å²) in [6.07, 6.45) is 5.65. The molecule has 3 rings (SSSR count). The van der Waals surface area contributed by atoms with Crippen molar-refractivity contribution in [2.45, 2.75) is 46.0 Å². The molecule has 102 valence electrons. The molecule has 1 spiro atoms. The first kappa shape index (κ1) is 13.4. The van der Waals surface area contributed by atoms with Crippen LogP contribution in [0.2, 0.25) is 0 Å². The number of hydrogen-bond acceptors (Lipinski definition) is 1. The number of benzene rings is 1. The highest BCUT2D eigenvalue weighted by Crippen LogP contribution is 2.51. The molecule has 1 fully saturated rings. The summed E-state index contributed by atoms with van der Waals surface area (Å²) < 4.78 is 1.02. The Bertz CT molecular complexity index is 522. The van der Waals surface area contributed by atoms with Crippen molar-refractivity contribution < 1.29 is 4.79 Å². The number of Topliss-reactive ketones (excluding diaryl/α,β-unsaturated/α-hetero) is 1. The molecule has 3 unspecified atom stereocenters. The minimum atomic E-state index is -0.0819. The van der Waals surface area contributed by atoms with Gasteiger partial charge >= 0.3 is 0 Å². The fraction of sp³-hybridized carbons (Fsp3) is 0.588. The van der Waals surface area contributed by atoms with Crippen molar-refractivity contribution in [2.75, 3.05) is 0 Å². The van der Waals surface area contributed by atoms with Crippen LogP contribution in [-0.4, -0.2) is 5.78 Å². The van der Waals surface area contributed by atoms with Crippen LogP contribution in [0.5, 0.6) is 0 Å². The smallest absolute Gasteiger partial charge is 0.169 e. The Morgan fingerprint density at radius 3 is 2.89 bits per heavy atom. The SMILES string of the molecule is CCC1CC(C)CC2(Cc3ccc(Br)cc3C2=O)C1. The molecule has 2 aliphatic carbocycles. The average Bonchev–Trinajstić information content (AvgIpc) is 2.62. The predicted octanol–water partition coefficient (Wildman–Crippen LogP) is 5.02. The van der Waals surface area contributed by atoms with Crippen LogP contribution < -0.4 is 0 Å². The molecular formula is C17H21BrO. The highest BCUT2D eigenvalue weighted by atomic mass is 79.9. The summed E-state index contributed by atoms with van der Waals surface area (Å²) >= 11 is 3.49. The second-order valence-corrected chi connectivity index (χ2v) is 7.53. The van der Waals surface area contributed by atoms with Gasteiger partial charge in [-0.1, -0.05) is 42.3 Å². The maximum absolute atomic E-state index is 12.9. The number of ketones is 1. The Balaban J connectivity index is 1.97. The third kappa shape index (κ3) is 2.18. The van der Waals surface area contributed by atoms with Gasteiger partial charge in [-0.2, -0.15) is 0 Å². The fourth-order valence-electron chi connectivity index (χ4n) is 4.32. The van der Waals surface area contributed by atoms with Gasteiger partial charge in [0.05, 0.1) is 0 Å². The number of halogens is 1. The molecule has 3 atom stereocenters. The van der Waals surface area contributed by atoms with Gasteiger partial charge in [0.25, 0.3) is 0 Å². The van der Waals surface area contributed by atoms with Gasteiger partial charge in [0, 0.05) is 15.5 Å². The maximum Gasteiger partial charge on any atom is 0.169 e. The summed E-state index contributed by atoms with van der Waals surface area (Å²) in [5.41, 5.74) is 2.15. The fourth-order valence-corrected chi connectivity index (χ4v) is 4.69. The highest BCUT2D eigenvalue weighted by Gasteiger charge is 2.49. The van der Waals surface area contributed by atoms with E-state index in [0.29, 0.717) is 11.7 Å². The quantitative estimate of drug-likeness (QED) is 0.710. The van der Waals surface area contributed by atoms with Gasteiger partial charge in [0.2, 0.25) is 0 Å². The first-order chi connectivity index (χ1) is 9.04. The van der Waals surface area contributed by atoms with Crippen LogP contribution in [-0.2, 0) is 6.42 Å². The van der Waals surface area contributed by atoms with Crippen LogP contribution in [0.4, 0.5) is 0 Å². The van der Waals surface area contributed by atoms with E-state index < -0.39 is 0 Å². The first-order valence-corrected chi connectivity index (χ1v) is 8.16. The van der Waals surface area contributed by atoms with Crippen molar-refractivity contribution in [3.63, 3.8) is 0 Å². The normalized spacial score (nSPS) is 33.7. The molecule has 0 bridgehead atoms. The standard InChI is InChI=1S/C17H21BrO/c1-3-12-6-11(2)8-17(9-12)10-13-4-5-14(18)7-15(13)16(17)19/h4-5,7,11-12H,3,6,8-10H2,1-2H3. The third-order valence-corrected chi connectivity index (χ3v) is 5.55. The molecule has 2 heteroatoms. The van der Waals surface area contributed by atoms with Gasteiger partial charge in [0.15, 0.2) is 5.78 Å². The van der Waals surface area contributed by atoms with Crippen molar-refractivity contribution in [2.24, 2.45) is 17.3 Å². The van der Waals surface area contributed by atoms with Gasteiger partial charge < -0.3 is 0 Å². The van der Waals surface area contributed by atoms with Crippen LogP contribution >= 0.6 is 15.9 Å². The lowest BCUT2D eigenvalue weighted by atomic mass is 9.63. The first-order valence-electron chi connectivity index (χ1n) is 7.37. The van der Waals surface area contributed by atoms with Crippen LogP contribution in [0, 0.1) is 17.3 Å². The summed E-state index contributed by atoms with van der Waals surface area (Å²) in [6, 6.07) is 6.22. The molecule has 1 nitrogen and oxygen atoms in total. The molecule has 2 aliphatic rings. The van der Waals surface area contributed by atoms with Gasteiger partial charge in [-0.25, -0.2) is 0 Å². The van der Waals surface area contributed by atoms with Crippen molar-refractivity contribution in [1.82, 2.24) is 0 Å². The van der Waals surface area contributed by atoms with E-state index >= 15 is 0 Å². The van der Waals surface area contributed by atoms with E-state index in [0.717, 1.165) is 35.2 Å². The molecule has 1 aromatic rings. The minimum Gasteiger partial charge on any atom is -0.294 e. The maximum atomic E-state index is 12.9. The van der Waals surface area contributed by atoms with E-state index in [-0.39, 0.29) is 5.41 Å². The Hall–Kier alpha value is -0.630. The Kier molecular flexibility index (Phi) is 3.33. The lowest BCUT2D eigenvalue weighted by Gasteiger charge is -2.40. The number of fused-ring (bicyclic) bond motifs is 1. The molecule has 0 heterocycles. The minimum absolute atomic E-state index is 0.0819. The Morgan fingerprint density at radius 1 is 1.37 bits per heavy atom. The summed E-state index contributed by atoms with van der Waals surface area (Å²) in [6.45, 7) is 4.58. The van der Waals surface area contributed by atoms with Crippen molar-refractivity contribution in [3.8, 4) is 0 Å². The van der Waals surface area contributed by atoms with E-state index in [9.17, 15) is 4.79 Å². The van der Waals surface area contributed by atoms with E-state index in [2.05, 4.69) is 41.9 Å². The van der Waals surface area contributed by atoms with Gasteiger partial charge in [-0.15, -0.1) is 0 Å². The van der Waals surface area contributed by atoms with Crippen molar-refractivity contribution in [3.05, 3.63) is 33.8 Å². The van der Waals surface area contributed by atoms with Crippen molar-refractivity contribution in [1.29, 1.82) is 0 Å². The monoisotopic (exact) mass is 320 g/mol. The second kappa shape index (κ2) is 4.73. The van der Waals surface area contributed by atoms with Crippen LogP contribution in [0.15, 0.2) is 22.7 Å². The van der Waals surface area contributed by atoms with Crippen LogP contribution in [0.25, 0.3) is 0 Å². The molecule has 0 N–H and O–H groups in total. The zero-order chi connectivity index (χ0) is 13.6. The topological polar surface area (TPSA) is 17.1 Å². The summed E-state index contributed by atoms with van der Waals surface area (Å²) in [5, 5.41) is 0. The van der Waals surface area contributed by atoms with E-state index in [1.165, 1.54) is 18.4 Å². The largest absolute Gasteiger partial charge is 0.294 e. The Morgan fingerprint density at radius 2 is 2.16 bits per heavy atom. The molecule has 0 aliphatic heterocycles. The molecular weight excluding hydrogens is 300 g/mol. The summed E-state index contributed by atoms with van der Waals surface area (Å²) in [5.74, 6) is 1.82. The Labute approximate surface area is 123 Å². The molecule has 19 heavy (non-hydrogen) atoms. The van der Waals surface area contributed by atoms with E-state index in [1.54, 1.807) is 0 Å². The van der Waals surface area contributed by atoms with E-state index in [1.807, 2.05) is 6.07 Å². The third-order valence-electron chi connectivity index (χ3n) is 5.06. The van der Waals surface area contributed by atoms with E-state index in [4.69, 9.17) is 0 Å². The zero-order valence-electron chi connectivity index (χ0n) is 11.7.